The van der Waals surface area contributed by atoms with Crippen molar-refractivity contribution in [1.29, 1.82) is 0 Å². The highest BCUT2D eigenvalue weighted by Crippen LogP contribution is 2.31. The van der Waals surface area contributed by atoms with E-state index in [-0.39, 0.29) is 11.7 Å². The third-order valence-corrected chi connectivity index (χ3v) is 2.95. The molecule has 1 aliphatic rings. The second kappa shape index (κ2) is 4.68. The van der Waals surface area contributed by atoms with E-state index in [4.69, 9.17) is 4.74 Å². The van der Waals surface area contributed by atoms with Crippen molar-refractivity contribution in [2.24, 2.45) is 0 Å². The Morgan fingerprint density at radius 1 is 1.26 bits per heavy atom. The van der Waals surface area contributed by atoms with Crippen LogP contribution in [0, 0.1) is 5.95 Å². The second-order valence-electron chi connectivity index (χ2n) is 4.22. The summed E-state index contributed by atoms with van der Waals surface area (Å²) in [5.41, 5.74) is 0.983. The number of pyridine rings is 1. The average Bonchev–Trinajstić information content (AvgIpc) is 2.82. The molecule has 0 bridgehead atoms. The molecule has 0 spiro atoms. The average molecular weight is 258 g/mol. The number of hydrogen-bond acceptors (Lipinski definition) is 3. The van der Waals surface area contributed by atoms with Gasteiger partial charge < -0.3 is 10.1 Å². The summed E-state index contributed by atoms with van der Waals surface area (Å²) in [6.07, 6.45) is 0. The van der Waals surface area contributed by atoms with Crippen molar-refractivity contribution in [3.63, 3.8) is 0 Å². The highest BCUT2D eigenvalue weighted by molar-refractivity contribution is 5.92. The molecule has 96 valence electrons. The number of fused-ring (bicyclic) bond motifs is 1. The Balaban J connectivity index is 1.78. The first kappa shape index (κ1) is 11.6. The fourth-order valence-electron chi connectivity index (χ4n) is 2.05. The Bertz CT molecular complexity index is 630. The zero-order valence-electron chi connectivity index (χ0n) is 9.97. The van der Waals surface area contributed by atoms with Crippen LogP contribution in [0.25, 0.3) is 0 Å². The van der Waals surface area contributed by atoms with Crippen molar-refractivity contribution in [1.82, 2.24) is 10.3 Å². The largest absolute Gasteiger partial charge is 0.491 e. The lowest BCUT2D eigenvalue weighted by Crippen LogP contribution is -2.30. The van der Waals surface area contributed by atoms with Crippen LogP contribution in [0.2, 0.25) is 0 Å². The van der Waals surface area contributed by atoms with Crippen molar-refractivity contribution in [3.05, 3.63) is 59.7 Å². The number of ether oxygens (including phenoxy) is 1. The first-order chi connectivity index (χ1) is 9.24. The van der Waals surface area contributed by atoms with Gasteiger partial charge in [-0.05, 0) is 18.2 Å². The lowest BCUT2D eigenvalue weighted by atomic mass is 10.1. The molecule has 19 heavy (non-hydrogen) atoms. The Labute approximate surface area is 109 Å². The zero-order valence-corrected chi connectivity index (χ0v) is 9.97. The summed E-state index contributed by atoms with van der Waals surface area (Å²) < 4.78 is 18.4. The molecule has 1 N–H and O–H groups in total. The number of aromatic nitrogens is 1. The van der Waals surface area contributed by atoms with E-state index in [1.165, 1.54) is 18.2 Å². The molecular formula is C14H11FN2O2. The molecule has 2 aromatic rings. The third kappa shape index (κ3) is 2.27. The predicted molar refractivity (Wildman–Crippen MR) is 66.3 cm³/mol. The van der Waals surface area contributed by atoms with E-state index < -0.39 is 11.9 Å². The Morgan fingerprint density at radius 2 is 2.11 bits per heavy atom. The maximum Gasteiger partial charge on any atom is 0.270 e. The van der Waals surface area contributed by atoms with E-state index >= 15 is 0 Å². The molecule has 0 radical (unpaired) electrons. The number of rotatable bonds is 2. The molecule has 0 fully saturated rings. The van der Waals surface area contributed by atoms with E-state index in [0.717, 1.165) is 11.3 Å². The number of halogens is 1. The van der Waals surface area contributed by atoms with E-state index in [1.54, 1.807) is 0 Å². The monoisotopic (exact) mass is 258 g/mol. The van der Waals surface area contributed by atoms with Crippen LogP contribution in [-0.4, -0.2) is 17.5 Å². The minimum absolute atomic E-state index is 0.0596. The number of nitrogens with one attached hydrogen (secondary N) is 1. The van der Waals surface area contributed by atoms with E-state index in [2.05, 4.69) is 10.3 Å². The summed E-state index contributed by atoms with van der Waals surface area (Å²) in [7, 11) is 0. The van der Waals surface area contributed by atoms with Crippen molar-refractivity contribution >= 4 is 5.91 Å². The van der Waals surface area contributed by atoms with Gasteiger partial charge in [0.2, 0.25) is 5.95 Å². The number of hydrogen-bond donors (Lipinski definition) is 1. The molecule has 5 heteroatoms. The highest BCUT2D eigenvalue weighted by Gasteiger charge is 2.25. The van der Waals surface area contributed by atoms with Gasteiger partial charge in [-0.25, -0.2) is 4.98 Å². The van der Waals surface area contributed by atoms with E-state index in [0.29, 0.717) is 6.61 Å². The van der Waals surface area contributed by atoms with E-state index in [1.807, 2.05) is 24.3 Å². The predicted octanol–water partition coefficient (Wildman–Crippen LogP) is 2.08. The van der Waals surface area contributed by atoms with Crippen molar-refractivity contribution in [2.45, 2.75) is 6.04 Å². The third-order valence-electron chi connectivity index (χ3n) is 2.95. The maximum absolute atomic E-state index is 13.0. The summed E-state index contributed by atoms with van der Waals surface area (Å²) in [4.78, 5) is 15.5. The highest BCUT2D eigenvalue weighted by atomic mass is 19.1. The Morgan fingerprint density at radius 3 is 2.95 bits per heavy atom. The normalized spacial score (nSPS) is 16.6. The van der Waals surface area contributed by atoms with Gasteiger partial charge in [0.15, 0.2) is 0 Å². The van der Waals surface area contributed by atoms with Crippen LogP contribution < -0.4 is 10.1 Å². The molecule has 1 amide bonds. The van der Waals surface area contributed by atoms with Crippen LogP contribution in [0.1, 0.15) is 22.1 Å². The number of carbonyl (C=O) groups is 1. The van der Waals surface area contributed by atoms with Gasteiger partial charge >= 0.3 is 0 Å². The number of benzene rings is 1. The van der Waals surface area contributed by atoms with Gasteiger partial charge in [0.1, 0.15) is 18.1 Å². The van der Waals surface area contributed by atoms with Gasteiger partial charge in [-0.2, -0.15) is 4.39 Å². The summed E-state index contributed by atoms with van der Waals surface area (Å²) >= 11 is 0. The minimum Gasteiger partial charge on any atom is -0.491 e. The molecule has 1 aromatic heterocycles. The van der Waals surface area contributed by atoms with Crippen molar-refractivity contribution in [2.75, 3.05) is 6.61 Å². The van der Waals surface area contributed by atoms with Gasteiger partial charge in [0.05, 0.1) is 6.04 Å². The lowest BCUT2D eigenvalue weighted by Gasteiger charge is -2.11. The summed E-state index contributed by atoms with van der Waals surface area (Å²) in [6.45, 7) is 0.375. The van der Waals surface area contributed by atoms with Crippen LogP contribution in [-0.2, 0) is 0 Å². The fourth-order valence-corrected chi connectivity index (χ4v) is 2.05. The van der Waals surface area contributed by atoms with Gasteiger partial charge in [0, 0.05) is 5.56 Å². The molecule has 0 saturated carbocycles. The number of nitrogens with zero attached hydrogens (tertiary/aromatic N) is 1. The minimum atomic E-state index is -0.671. The molecule has 0 saturated heterocycles. The second-order valence-corrected chi connectivity index (χ2v) is 4.22. The van der Waals surface area contributed by atoms with Crippen molar-refractivity contribution in [3.8, 4) is 5.75 Å². The lowest BCUT2D eigenvalue weighted by molar-refractivity contribution is 0.0924. The van der Waals surface area contributed by atoms with Crippen molar-refractivity contribution < 1.29 is 13.9 Å². The Hall–Kier alpha value is -2.43. The van der Waals surface area contributed by atoms with Crippen LogP contribution >= 0.6 is 0 Å². The SMILES string of the molecule is O=C(NC1COc2ccccc21)c1cccc(F)n1. The van der Waals surface area contributed by atoms with Gasteiger partial charge in [0.25, 0.3) is 5.91 Å². The van der Waals surface area contributed by atoms with Crippen LogP contribution in [0.15, 0.2) is 42.5 Å². The van der Waals surface area contributed by atoms with Gasteiger partial charge in [-0.1, -0.05) is 24.3 Å². The van der Waals surface area contributed by atoms with Crippen LogP contribution in [0.4, 0.5) is 4.39 Å². The molecule has 4 nitrogen and oxygen atoms in total. The quantitative estimate of drug-likeness (QED) is 0.839. The van der Waals surface area contributed by atoms with Gasteiger partial charge in [-0.15, -0.1) is 0 Å². The molecule has 0 aliphatic carbocycles. The number of amides is 1. The number of para-hydroxylation sites is 1. The zero-order chi connectivity index (χ0) is 13.2. The first-order valence-electron chi connectivity index (χ1n) is 5.89. The molecule has 1 aromatic carbocycles. The molecule has 2 heterocycles. The topological polar surface area (TPSA) is 51.2 Å². The molecular weight excluding hydrogens is 247 g/mol. The smallest absolute Gasteiger partial charge is 0.270 e. The fraction of sp³-hybridized carbons (Fsp3) is 0.143. The standard InChI is InChI=1S/C14H11FN2O2/c15-13-7-3-5-10(16-13)14(18)17-11-8-19-12-6-2-1-4-9(11)12/h1-7,11H,8H2,(H,17,18). The molecule has 1 unspecified atom stereocenters. The number of carbonyl (C=O) groups excluding carboxylic acids is 1. The van der Waals surface area contributed by atoms with Crippen LogP contribution in [0.5, 0.6) is 5.75 Å². The van der Waals surface area contributed by atoms with E-state index in [9.17, 15) is 9.18 Å². The summed E-state index contributed by atoms with van der Waals surface area (Å²) in [5.74, 6) is -0.319. The first-order valence-corrected chi connectivity index (χ1v) is 5.89. The molecule has 3 rings (SSSR count). The van der Waals surface area contributed by atoms with Gasteiger partial charge in [-0.3, -0.25) is 4.79 Å². The Kier molecular flexibility index (Phi) is 2.87. The summed E-state index contributed by atoms with van der Waals surface area (Å²) in [6, 6.07) is 11.4. The maximum atomic E-state index is 13.0. The van der Waals surface area contributed by atoms with Crippen LogP contribution in [0.3, 0.4) is 0 Å². The molecule has 1 aliphatic heterocycles. The summed E-state index contributed by atoms with van der Waals surface area (Å²) in [5, 5.41) is 2.79. The molecule has 1 atom stereocenters.